The molecule has 1 aromatic carbocycles. The summed E-state index contributed by atoms with van der Waals surface area (Å²) in [5, 5.41) is 2.41. The number of amides is 1. The van der Waals surface area contributed by atoms with Crippen LogP contribution in [-0.4, -0.2) is 52.4 Å². The number of methoxy groups -OCH3 is 1. The first-order valence-electron chi connectivity index (χ1n) is 11.1. The predicted molar refractivity (Wildman–Crippen MR) is 133 cm³/mol. The maximum Gasteiger partial charge on any atom is 0.413 e. The van der Waals surface area contributed by atoms with E-state index in [-0.39, 0.29) is 18.4 Å². The topological polar surface area (TPSA) is 55.8 Å². The Kier molecular flexibility index (Phi) is 6.79. The van der Waals surface area contributed by atoms with Crippen molar-refractivity contribution in [1.82, 2.24) is 4.90 Å². The monoisotopic (exact) mass is 463 g/mol. The molecule has 7 heteroatoms. The van der Waals surface area contributed by atoms with E-state index < -0.39 is 33.4 Å². The SMILES string of the molecule is COCN(C(=O)OC(C)(C)C)[C@@]1(C(C)C)C(=O)c2c([Si](C)(C)C)ccc([Si](C)(C)C)c21. The van der Waals surface area contributed by atoms with E-state index in [1.165, 1.54) is 15.3 Å². The van der Waals surface area contributed by atoms with Crippen molar-refractivity contribution in [3.8, 4) is 0 Å². The van der Waals surface area contributed by atoms with Crippen molar-refractivity contribution in [2.45, 2.75) is 85.0 Å². The Labute approximate surface area is 190 Å². The Hall–Kier alpha value is -1.45. The minimum Gasteiger partial charge on any atom is -0.444 e. The normalized spacial score (nSPS) is 19.2. The molecule has 2 rings (SSSR count). The Bertz CT molecular complexity index is 875. The summed E-state index contributed by atoms with van der Waals surface area (Å²) in [5.41, 5.74) is 0.143. The lowest BCUT2D eigenvalue weighted by Gasteiger charge is -2.54. The molecule has 0 spiro atoms. The highest BCUT2D eigenvalue weighted by Gasteiger charge is 2.62. The fourth-order valence-corrected chi connectivity index (χ4v) is 7.81. The molecular weight excluding hydrogens is 422 g/mol. The van der Waals surface area contributed by atoms with E-state index in [1.54, 1.807) is 7.11 Å². The van der Waals surface area contributed by atoms with Gasteiger partial charge in [-0.25, -0.2) is 4.79 Å². The number of benzene rings is 1. The number of hydrogen-bond donors (Lipinski definition) is 0. The highest BCUT2D eigenvalue weighted by Crippen LogP contribution is 2.49. The molecule has 0 saturated heterocycles. The fourth-order valence-electron chi connectivity index (χ4n) is 4.59. The summed E-state index contributed by atoms with van der Waals surface area (Å²) in [6.07, 6.45) is -0.512. The van der Waals surface area contributed by atoms with E-state index in [4.69, 9.17) is 9.47 Å². The molecular formula is C24H41NO4Si2. The first kappa shape index (κ1) is 25.8. The number of Topliss-reactive ketones (excluding diaryl/α,β-unsaturated/α-hetero) is 1. The van der Waals surface area contributed by atoms with Crippen LogP contribution in [0.25, 0.3) is 0 Å². The van der Waals surface area contributed by atoms with Crippen LogP contribution in [-0.2, 0) is 15.0 Å². The number of ether oxygens (including phenoxy) is 2. The molecule has 1 aromatic rings. The molecule has 1 atom stereocenters. The van der Waals surface area contributed by atoms with Crippen LogP contribution in [0.4, 0.5) is 4.79 Å². The van der Waals surface area contributed by atoms with Crippen LogP contribution < -0.4 is 10.4 Å². The van der Waals surface area contributed by atoms with Crippen molar-refractivity contribution in [2.24, 2.45) is 5.92 Å². The van der Waals surface area contributed by atoms with Crippen molar-refractivity contribution in [3.63, 3.8) is 0 Å². The summed E-state index contributed by atoms with van der Waals surface area (Å²) >= 11 is 0. The average Bonchev–Trinajstić information content (AvgIpc) is 2.56. The summed E-state index contributed by atoms with van der Waals surface area (Å²) in [7, 11) is -2.03. The zero-order valence-corrected chi connectivity index (χ0v) is 23.5. The molecule has 0 aromatic heterocycles. The molecule has 0 unspecified atom stereocenters. The second-order valence-electron chi connectivity index (χ2n) is 12.0. The van der Waals surface area contributed by atoms with Gasteiger partial charge in [0.25, 0.3) is 0 Å². The first-order chi connectivity index (χ1) is 13.9. The van der Waals surface area contributed by atoms with Crippen LogP contribution >= 0.6 is 0 Å². The number of carbonyl (C=O) groups excluding carboxylic acids is 2. The molecule has 0 N–H and O–H groups in total. The van der Waals surface area contributed by atoms with Gasteiger partial charge < -0.3 is 9.47 Å². The lowest BCUT2D eigenvalue weighted by Crippen LogP contribution is -2.70. The Balaban J connectivity index is 2.90. The van der Waals surface area contributed by atoms with Crippen molar-refractivity contribution in [2.75, 3.05) is 13.8 Å². The van der Waals surface area contributed by atoms with E-state index in [0.29, 0.717) is 0 Å². The fraction of sp³-hybridized carbons (Fsp3) is 0.667. The smallest absolute Gasteiger partial charge is 0.413 e. The summed E-state index contributed by atoms with van der Waals surface area (Å²) < 4.78 is 11.2. The predicted octanol–water partition coefficient (Wildman–Crippen LogP) is 4.67. The van der Waals surface area contributed by atoms with Gasteiger partial charge in [0, 0.05) is 12.7 Å². The molecule has 0 fully saturated rings. The van der Waals surface area contributed by atoms with Crippen molar-refractivity contribution in [1.29, 1.82) is 0 Å². The molecule has 0 aliphatic heterocycles. The van der Waals surface area contributed by atoms with Gasteiger partial charge in [0.1, 0.15) is 17.9 Å². The van der Waals surface area contributed by atoms with Gasteiger partial charge in [-0.3, -0.25) is 9.69 Å². The number of ketones is 1. The standard InChI is InChI=1S/C24H41NO4Si2/c1-16(2)24(25(15-28-6)22(27)29-23(3,4)5)20-18(31(10,11)12)14-13-17(30(7,8)9)19(20)21(24)26/h13-14,16H,15H2,1-12H3/t24-/m1/s1. The third kappa shape index (κ3) is 4.41. The lowest BCUT2D eigenvalue weighted by atomic mass is 9.62. The van der Waals surface area contributed by atoms with Gasteiger partial charge in [0.2, 0.25) is 0 Å². The molecule has 1 amide bonds. The Morgan fingerprint density at radius 3 is 1.90 bits per heavy atom. The van der Waals surface area contributed by atoms with E-state index in [9.17, 15) is 9.59 Å². The summed E-state index contributed by atoms with van der Waals surface area (Å²) in [6, 6.07) is 4.40. The second-order valence-corrected chi connectivity index (χ2v) is 22.1. The Morgan fingerprint density at radius 2 is 1.52 bits per heavy atom. The van der Waals surface area contributed by atoms with E-state index in [1.807, 2.05) is 34.6 Å². The third-order valence-corrected chi connectivity index (χ3v) is 9.97. The highest BCUT2D eigenvalue weighted by molar-refractivity contribution is 6.91. The van der Waals surface area contributed by atoms with Crippen molar-refractivity contribution >= 4 is 38.4 Å². The second kappa shape index (κ2) is 8.16. The van der Waals surface area contributed by atoms with Crippen LogP contribution in [0.1, 0.15) is 50.5 Å². The van der Waals surface area contributed by atoms with Gasteiger partial charge in [0.05, 0.1) is 16.1 Å². The van der Waals surface area contributed by atoms with Crippen molar-refractivity contribution in [3.05, 3.63) is 23.3 Å². The lowest BCUT2D eigenvalue weighted by molar-refractivity contribution is -0.0544. The minimum atomic E-state index is -1.81. The molecule has 1 aliphatic rings. The first-order valence-corrected chi connectivity index (χ1v) is 18.1. The van der Waals surface area contributed by atoms with E-state index in [2.05, 4.69) is 51.4 Å². The Morgan fingerprint density at radius 1 is 1.03 bits per heavy atom. The van der Waals surface area contributed by atoms with Gasteiger partial charge in [-0.05, 0) is 37.4 Å². The van der Waals surface area contributed by atoms with Gasteiger partial charge in [-0.1, -0.05) is 70.4 Å². The quantitative estimate of drug-likeness (QED) is 0.454. The van der Waals surface area contributed by atoms with Gasteiger partial charge >= 0.3 is 6.09 Å². The number of carbonyl (C=O) groups is 2. The number of fused-ring (bicyclic) bond motifs is 1. The molecule has 174 valence electrons. The van der Waals surface area contributed by atoms with Crippen LogP contribution in [0.2, 0.25) is 39.3 Å². The van der Waals surface area contributed by atoms with Crippen LogP contribution in [0, 0.1) is 5.92 Å². The van der Waals surface area contributed by atoms with Crippen LogP contribution in [0.3, 0.4) is 0 Å². The minimum absolute atomic E-state index is 0.000581. The van der Waals surface area contributed by atoms with Crippen molar-refractivity contribution < 1.29 is 19.1 Å². The van der Waals surface area contributed by atoms with E-state index >= 15 is 0 Å². The molecule has 0 bridgehead atoms. The number of rotatable bonds is 6. The third-order valence-electron chi connectivity index (χ3n) is 5.91. The zero-order valence-electron chi connectivity index (χ0n) is 21.5. The zero-order chi connectivity index (χ0) is 24.2. The van der Waals surface area contributed by atoms with Gasteiger partial charge in [-0.15, -0.1) is 0 Å². The molecule has 0 heterocycles. The highest BCUT2D eigenvalue weighted by atomic mass is 28.3. The molecule has 0 radical (unpaired) electrons. The molecule has 1 aliphatic carbocycles. The summed E-state index contributed by atoms with van der Waals surface area (Å²) in [5.74, 6) is -0.0971. The molecule has 0 saturated carbocycles. The maximum absolute atomic E-state index is 14.1. The molecule has 5 nitrogen and oxygen atoms in total. The van der Waals surface area contributed by atoms with Gasteiger partial charge in [0.15, 0.2) is 5.78 Å². The molecule has 31 heavy (non-hydrogen) atoms. The van der Waals surface area contributed by atoms with E-state index in [0.717, 1.165) is 11.1 Å². The number of hydrogen-bond acceptors (Lipinski definition) is 4. The van der Waals surface area contributed by atoms with Gasteiger partial charge in [-0.2, -0.15) is 0 Å². The van der Waals surface area contributed by atoms with Crippen LogP contribution in [0.15, 0.2) is 12.1 Å². The summed E-state index contributed by atoms with van der Waals surface area (Å²) in [4.78, 5) is 29.0. The number of nitrogens with zero attached hydrogens (tertiary/aromatic N) is 1. The average molecular weight is 464 g/mol. The van der Waals surface area contributed by atoms with Crippen LogP contribution in [0.5, 0.6) is 0 Å². The maximum atomic E-state index is 14.1. The summed E-state index contributed by atoms with van der Waals surface area (Å²) in [6.45, 7) is 23.2. The largest absolute Gasteiger partial charge is 0.444 e.